The molecule has 172 valence electrons. The third-order valence-corrected chi connectivity index (χ3v) is 5.22. The lowest BCUT2D eigenvalue weighted by Crippen LogP contribution is -2.52. The number of piperidine rings is 1. The number of nitrogens with one attached hydrogen (secondary N) is 2. The topological polar surface area (TPSA) is 114 Å². The van der Waals surface area contributed by atoms with Gasteiger partial charge >= 0.3 is 6.09 Å². The van der Waals surface area contributed by atoms with Crippen LogP contribution in [0.1, 0.15) is 56.0 Å². The fraction of sp³-hybridized carbons (Fsp3) is 0.478. The summed E-state index contributed by atoms with van der Waals surface area (Å²) in [7, 11) is 1.47. The molecule has 9 nitrogen and oxygen atoms in total. The zero-order valence-corrected chi connectivity index (χ0v) is 18.8. The molecule has 0 aromatic heterocycles. The standard InChI is InChI=1S/C23H29N3O6/c1-23(2,3)32-22(30)26-11-9-14(10-12-26)15-5-6-16(18(13-15)31-4)20(28)24-17-7-8-19(27)25-21(17)29/h5-6,9,13,17H,7-8,10-12H2,1-4H3,(H,24,28)(H,25,27,29). The van der Waals surface area contributed by atoms with Crippen molar-refractivity contribution in [3.05, 3.63) is 35.4 Å². The molecular weight excluding hydrogens is 414 g/mol. The number of carbonyl (C=O) groups excluding carboxylic acids is 4. The number of benzene rings is 1. The van der Waals surface area contributed by atoms with E-state index in [0.717, 1.165) is 11.1 Å². The molecule has 1 aromatic carbocycles. The van der Waals surface area contributed by atoms with Gasteiger partial charge < -0.3 is 19.7 Å². The van der Waals surface area contributed by atoms with Crippen molar-refractivity contribution in [1.82, 2.24) is 15.5 Å². The molecule has 0 aliphatic carbocycles. The molecule has 1 fully saturated rings. The van der Waals surface area contributed by atoms with Crippen LogP contribution in [0.5, 0.6) is 5.75 Å². The Labute approximate surface area is 187 Å². The van der Waals surface area contributed by atoms with Crippen molar-refractivity contribution >= 4 is 29.4 Å². The second-order valence-electron chi connectivity index (χ2n) is 8.80. The highest BCUT2D eigenvalue weighted by Gasteiger charge is 2.29. The Kier molecular flexibility index (Phi) is 6.86. The first-order valence-corrected chi connectivity index (χ1v) is 10.6. The van der Waals surface area contributed by atoms with Crippen molar-refractivity contribution in [3.8, 4) is 5.75 Å². The summed E-state index contributed by atoms with van der Waals surface area (Å²) in [5, 5.41) is 4.88. The van der Waals surface area contributed by atoms with Gasteiger partial charge in [0.1, 0.15) is 17.4 Å². The first-order chi connectivity index (χ1) is 15.1. The molecule has 4 amide bonds. The van der Waals surface area contributed by atoms with Crippen LogP contribution in [0.2, 0.25) is 0 Å². The number of carbonyl (C=O) groups is 4. The van der Waals surface area contributed by atoms with Crippen molar-refractivity contribution < 1.29 is 28.7 Å². The minimum absolute atomic E-state index is 0.182. The first kappa shape index (κ1) is 23.3. The minimum atomic E-state index is -0.760. The molecule has 0 saturated carbocycles. The average Bonchev–Trinajstić information content (AvgIpc) is 2.74. The highest BCUT2D eigenvalue weighted by molar-refractivity contribution is 6.04. The van der Waals surface area contributed by atoms with E-state index >= 15 is 0 Å². The molecule has 1 unspecified atom stereocenters. The number of rotatable bonds is 4. The highest BCUT2D eigenvalue weighted by atomic mass is 16.6. The summed E-state index contributed by atoms with van der Waals surface area (Å²) >= 11 is 0. The number of hydrogen-bond acceptors (Lipinski definition) is 6. The van der Waals surface area contributed by atoms with Crippen LogP contribution in [0, 0.1) is 0 Å². The van der Waals surface area contributed by atoms with Crippen LogP contribution in [0.3, 0.4) is 0 Å². The van der Waals surface area contributed by atoms with Gasteiger partial charge in [0, 0.05) is 19.5 Å². The average molecular weight is 444 g/mol. The van der Waals surface area contributed by atoms with Gasteiger partial charge in [-0.1, -0.05) is 12.1 Å². The predicted octanol–water partition coefficient (Wildman–Crippen LogP) is 2.25. The van der Waals surface area contributed by atoms with Gasteiger partial charge in [-0.15, -0.1) is 0 Å². The van der Waals surface area contributed by atoms with Crippen LogP contribution < -0.4 is 15.4 Å². The van der Waals surface area contributed by atoms with Crippen molar-refractivity contribution in [2.75, 3.05) is 20.2 Å². The van der Waals surface area contributed by atoms with E-state index in [4.69, 9.17) is 9.47 Å². The Bertz CT molecular complexity index is 963. The summed E-state index contributed by atoms with van der Waals surface area (Å²) in [5.41, 5.74) is 1.69. The van der Waals surface area contributed by atoms with E-state index in [9.17, 15) is 19.2 Å². The third-order valence-electron chi connectivity index (χ3n) is 5.22. The van der Waals surface area contributed by atoms with Crippen LogP contribution in [-0.4, -0.2) is 60.6 Å². The quantitative estimate of drug-likeness (QED) is 0.690. The second kappa shape index (κ2) is 9.42. The second-order valence-corrected chi connectivity index (χ2v) is 8.80. The van der Waals surface area contributed by atoms with E-state index in [2.05, 4.69) is 10.6 Å². The third kappa shape index (κ3) is 5.66. The molecule has 2 N–H and O–H groups in total. The summed E-state index contributed by atoms with van der Waals surface area (Å²) in [6, 6.07) is 4.48. The molecule has 1 saturated heterocycles. The normalized spacial score (nSPS) is 19.1. The lowest BCUT2D eigenvalue weighted by molar-refractivity contribution is -0.134. The van der Waals surface area contributed by atoms with Gasteiger partial charge in [0.15, 0.2) is 0 Å². The van der Waals surface area contributed by atoms with Gasteiger partial charge in [-0.05, 0) is 56.9 Å². The number of imide groups is 1. The summed E-state index contributed by atoms with van der Waals surface area (Å²) in [5.74, 6) is -0.917. The predicted molar refractivity (Wildman–Crippen MR) is 117 cm³/mol. The maximum atomic E-state index is 12.7. The Morgan fingerprint density at radius 2 is 1.94 bits per heavy atom. The van der Waals surface area contributed by atoms with E-state index in [1.54, 1.807) is 17.0 Å². The Balaban J connectivity index is 1.69. The van der Waals surface area contributed by atoms with Crippen LogP contribution in [-0.2, 0) is 14.3 Å². The Hall–Kier alpha value is -3.36. The number of amides is 4. The fourth-order valence-electron chi connectivity index (χ4n) is 3.57. The van der Waals surface area contributed by atoms with Crippen LogP contribution in [0.25, 0.3) is 5.57 Å². The van der Waals surface area contributed by atoms with Crippen molar-refractivity contribution in [1.29, 1.82) is 0 Å². The fourth-order valence-corrected chi connectivity index (χ4v) is 3.57. The number of hydrogen-bond donors (Lipinski definition) is 2. The van der Waals surface area contributed by atoms with Crippen molar-refractivity contribution in [2.24, 2.45) is 0 Å². The summed E-state index contributed by atoms with van der Waals surface area (Å²) in [4.78, 5) is 49.8. The van der Waals surface area contributed by atoms with Gasteiger partial charge in [0.25, 0.3) is 5.91 Å². The molecule has 32 heavy (non-hydrogen) atoms. The number of ether oxygens (including phenoxy) is 2. The zero-order chi connectivity index (χ0) is 23.5. The van der Waals surface area contributed by atoms with Gasteiger partial charge in [-0.25, -0.2) is 4.79 Å². The highest BCUT2D eigenvalue weighted by Crippen LogP contribution is 2.29. The monoisotopic (exact) mass is 443 g/mol. The lowest BCUT2D eigenvalue weighted by Gasteiger charge is -2.29. The van der Waals surface area contributed by atoms with Crippen molar-refractivity contribution in [2.45, 2.75) is 51.7 Å². The number of methoxy groups -OCH3 is 1. The first-order valence-electron chi connectivity index (χ1n) is 10.6. The smallest absolute Gasteiger partial charge is 0.410 e. The number of nitrogens with zero attached hydrogens (tertiary/aromatic N) is 1. The maximum Gasteiger partial charge on any atom is 0.410 e. The van der Waals surface area contributed by atoms with Crippen LogP contribution >= 0.6 is 0 Å². The maximum absolute atomic E-state index is 12.7. The Morgan fingerprint density at radius 3 is 2.53 bits per heavy atom. The molecule has 2 aliphatic rings. The van der Waals surface area contributed by atoms with Gasteiger partial charge in [0.2, 0.25) is 11.8 Å². The molecule has 0 spiro atoms. The van der Waals surface area contributed by atoms with Gasteiger partial charge in [-0.3, -0.25) is 19.7 Å². The zero-order valence-electron chi connectivity index (χ0n) is 18.8. The molecule has 1 aromatic rings. The lowest BCUT2D eigenvalue weighted by atomic mass is 9.97. The molecule has 3 rings (SSSR count). The van der Waals surface area contributed by atoms with Gasteiger partial charge in [0.05, 0.1) is 12.7 Å². The van der Waals surface area contributed by atoms with E-state index < -0.39 is 23.5 Å². The largest absolute Gasteiger partial charge is 0.496 e. The molecule has 2 aliphatic heterocycles. The molecule has 1 atom stereocenters. The van der Waals surface area contributed by atoms with E-state index in [-0.39, 0.29) is 24.8 Å². The molecule has 0 bridgehead atoms. The SMILES string of the molecule is COc1cc(C2=CCN(C(=O)OC(C)(C)C)CC2)ccc1C(=O)NC1CCC(=O)NC1=O. The minimum Gasteiger partial charge on any atom is -0.496 e. The van der Waals surface area contributed by atoms with Gasteiger partial charge in [-0.2, -0.15) is 0 Å². The Morgan fingerprint density at radius 1 is 1.19 bits per heavy atom. The van der Waals surface area contributed by atoms with Crippen molar-refractivity contribution in [3.63, 3.8) is 0 Å². The summed E-state index contributed by atoms with van der Waals surface area (Å²) in [6.45, 7) is 6.46. The summed E-state index contributed by atoms with van der Waals surface area (Å²) < 4.78 is 10.8. The summed E-state index contributed by atoms with van der Waals surface area (Å²) in [6.07, 6.45) is 2.71. The molecule has 9 heteroatoms. The van der Waals surface area contributed by atoms with E-state index in [1.807, 2.05) is 32.9 Å². The molecule has 2 heterocycles. The van der Waals surface area contributed by atoms with E-state index in [0.29, 0.717) is 30.8 Å². The van der Waals surface area contributed by atoms with E-state index in [1.165, 1.54) is 7.11 Å². The molecular formula is C23H29N3O6. The van der Waals surface area contributed by atoms with Crippen LogP contribution in [0.15, 0.2) is 24.3 Å². The molecule has 0 radical (unpaired) electrons. The van der Waals surface area contributed by atoms with Crippen LogP contribution in [0.4, 0.5) is 4.79 Å².